The van der Waals surface area contributed by atoms with Crippen molar-refractivity contribution >= 4 is 7.82 Å². The van der Waals surface area contributed by atoms with Crippen LogP contribution in [-0.4, -0.2) is 0 Å². The van der Waals surface area contributed by atoms with Gasteiger partial charge in [-0.2, -0.15) is 7.82 Å². The van der Waals surface area contributed by atoms with Crippen molar-refractivity contribution in [2.75, 3.05) is 0 Å². The van der Waals surface area contributed by atoms with Gasteiger partial charge in [-0.05, 0) is 0 Å². The molecule has 0 rings (SSSR count). The van der Waals surface area contributed by atoms with Gasteiger partial charge in [-0.25, -0.2) is 0 Å². The first-order valence-corrected chi connectivity index (χ1v) is 5.81. The molecule has 14 heavy (non-hydrogen) atoms. The number of phosphoric acid groups is 1. The van der Waals surface area contributed by atoms with Gasteiger partial charge in [-0.3, -0.25) is 0 Å². The Bertz CT molecular complexity index is 122. The van der Waals surface area contributed by atoms with Crippen molar-refractivity contribution in [2.24, 2.45) is 0 Å². The van der Waals surface area contributed by atoms with Crippen LogP contribution in [0.3, 0.4) is 0 Å². The summed E-state index contributed by atoms with van der Waals surface area (Å²) in [6.07, 6.45) is 0. The Kier molecular flexibility index (Phi) is 78.6. The molecule has 0 heterocycles. The molecule has 0 bridgehead atoms. The summed E-state index contributed by atoms with van der Waals surface area (Å²) in [6.45, 7) is 0. The molecular weight excluding hydrogens is 269 g/mol. The fraction of sp³-hybridized carbons (Fsp3) is 0. The fourth-order valence-corrected chi connectivity index (χ4v) is 0. The van der Waals surface area contributed by atoms with E-state index in [4.69, 9.17) is 28.4 Å². The molecule has 0 atom stereocenters. The van der Waals surface area contributed by atoms with E-state index in [1.165, 1.54) is 0 Å². The van der Waals surface area contributed by atoms with E-state index in [1.54, 1.807) is 0 Å². The van der Waals surface area contributed by atoms with Gasteiger partial charge < -0.3 is 19.2 Å². The average molecular weight is 269 g/mol. The zero-order valence-electron chi connectivity index (χ0n) is 8.80. The molecule has 0 unspecified atom stereocenters. The van der Waals surface area contributed by atoms with Crippen LogP contribution >= 0.6 is 7.82 Å². The molecule has 0 radical (unpaired) electrons. The second-order valence-corrected chi connectivity index (χ2v) is 2.82. The predicted octanol–water partition coefficient (Wildman–Crippen LogP) is -20.3. The second-order valence-electron chi connectivity index (χ2n) is 0.697. The van der Waals surface area contributed by atoms with Crippen LogP contribution in [0.25, 0.3) is 0 Å². The van der Waals surface area contributed by atoms with E-state index >= 15 is 0 Å². The van der Waals surface area contributed by atoms with Gasteiger partial charge in [-0.1, -0.05) is 0 Å². The third-order valence-corrected chi connectivity index (χ3v) is 0. The Hall–Kier alpha value is 3.70. The van der Waals surface area contributed by atoms with Gasteiger partial charge in [0.05, 0.1) is 0 Å². The molecule has 0 aliphatic heterocycles. The first kappa shape index (κ1) is 43.1. The summed E-state index contributed by atoms with van der Waals surface area (Å²) >= 11 is -4.29. The molecule has 14 heteroatoms. The van der Waals surface area contributed by atoms with Gasteiger partial charge in [0.15, 0.2) is 0 Å². The first-order chi connectivity index (χ1) is 3.73. The van der Waals surface area contributed by atoms with Crippen LogP contribution in [0.4, 0.5) is 0 Å². The van der Waals surface area contributed by atoms with Crippen molar-refractivity contribution in [3.63, 3.8) is 0 Å². The number of hydrogen-bond acceptors (Lipinski definition) is 7. The van der Waals surface area contributed by atoms with Crippen LogP contribution in [0.1, 0.15) is 0 Å². The molecule has 56 valence electrons. The maximum absolute atomic E-state index is 8.61. The Morgan fingerprint density at radius 3 is 0.786 bits per heavy atom. The summed E-state index contributed by atoms with van der Waals surface area (Å²) in [5, 5.41) is 0. The molecule has 0 aliphatic rings. The van der Waals surface area contributed by atoms with Crippen LogP contribution in [-0.2, 0) is 30.0 Å². The average Bonchev–Trinajstić information content (AvgIpc) is 1.19. The van der Waals surface area contributed by atoms with E-state index in [0.717, 1.165) is 0 Å². The summed E-state index contributed by atoms with van der Waals surface area (Å²) in [7, 11) is -5.39. The zero-order chi connectivity index (χ0) is 8.08. The minimum absolute atomic E-state index is 0. The molecular formula is Li5O7PZr. The van der Waals surface area contributed by atoms with Crippen molar-refractivity contribution in [1.29, 1.82) is 0 Å². The topological polar surface area (TPSA) is 149 Å². The summed E-state index contributed by atoms with van der Waals surface area (Å²) in [6, 6.07) is 0. The standard InChI is InChI=1S/5Li.H3O4P.3O.Zr/c;;;;;1-5(2,3)4;;;;/h;;;;;(H3,1,2,3,4);;;;/q5*+1;;;2*-1;/p-3. The maximum atomic E-state index is 8.61. The Balaban J connectivity index is -0.0000000104. The molecule has 0 saturated heterocycles. The van der Waals surface area contributed by atoms with Gasteiger partial charge in [0.25, 0.3) is 0 Å². The van der Waals surface area contributed by atoms with Crippen LogP contribution in [0, 0.1) is 0 Å². The molecule has 0 aromatic rings. The van der Waals surface area contributed by atoms with Crippen molar-refractivity contribution in [3.8, 4) is 0 Å². The van der Waals surface area contributed by atoms with Gasteiger partial charge in [-0.15, -0.1) is 0 Å². The fourth-order valence-electron chi connectivity index (χ4n) is 0. The summed E-state index contributed by atoms with van der Waals surface area (Å²) in [5.41, 5.74) is 0. The van der Waals surface area contributed by atoms with E-state index in [9.17, 15) is 0 Å². The molecule has 0 saturated carbocycles. The molecule has 0 amide bonds. The number of rotatable bonds is 0. The first-order valence-electron chi connectivity index (χ1n) is 1.34. The SMILES string of the molecule is O=P([O-])([O-])[O-].[Li+].[Li+].[Li+].[Li+].[Li+].[O]=[Zr]([O-])[O-]. The van der Waals surface area contributed by atoms with E-state index in [2.05, 4.69) is 0 Å². The van der Waals surface area contributed by atoms with Crippen molar-refractivity contribution in [2.45, 2.75) is 0 Å². The van der Waals surface area contributed by atoms with Gasteiger partial charge in [0.2, 0.25) is 0 Å². The quantitative estimate of drug-likeness (QED) is 0.313. The van der Waals surface area contributed by atoms with E-state index in [0.29, 0.717) is 0 Å². The van der Waals surface area contributed by atoms with E-state index in [-0.39, 0.29) is 94.3 Å². The van der Waals surface area contributed by atoms with Crippen molar-refractivity contribution < 1.29 is 145 Å². The van der Waals surface area contributed by atoms with Crippen molar-refractivity contribution in [3.05, 3.63) is 0 Å². The molecule has 7 nitrogen and oxygen atoms in total. The normalized spacial score (nSPS) is 6.07. The van der Waals surface area contributed by atoms with Crippen LogP contribution < -0.4 is 115 Å². The van der Waals surface area contributed by atoms with Crippen LogP contribution in [0.15, 0.2) is 0 Å². The van der Waals surface area contributed by atoms with Crippen molar-refractivity contribution in [1.82, 2.24) is 0 Å². The third-order valence-electron chi connectivity index (χ3n) is 0. The monoisotopic (exact) mass is 268 g/mol. The number of hydrogen-bond donors (Lipinski definition) is 0. The Labute approximate surface area is 151 Å². The van der Waals surface area contributed by atoms with Gasteiger partial charge in [0, 0.05) is 0 Å². The molecule has 0 spiro atoms. The Morgan fingerprint density at radius 1 is 0.786 bits per heavy atom. The van der Waals surface area contributed by atoms with E-state index < -0.39 is 30.5 Å². The zero-order valence-corrected chi connectivity index (χ0v) is 12.2. The molecule has 0 aliphatic carbocycles. The Morgan fingerprint density at radius 2 is 0.786 bits per heavy atom. The molecule has 0 fully saturated rings. The van der Waals surface area contributed by atoms with Crippen LogP contribution in [0.5, 0.6) is 0 Å². The summed E-state index contributed by atoms with van der Waals surface area (Å²) < 4.78 is 34.4. The summed E-state index contributed by atoms with van der Waals surface area (Å²) in [5.74, 6) is 0. The minimum atomic E-state index is -5.39. The van der Waals surface area contributed by atoms with Gasteiger partial charge in [0.1, 0.15) is 0 Å². The van der Waals surface area contributed by atoms with Crippen LogP contribution in [0.2, 0.25) is 0 Å². The van der Waals surface area contributed by atoms with E-state index in [1.807, 2.05) is 0 Å². The second kappa shape index (κ2) is 25.5. The molecule has 0 N–H and O–H groups in total. The third kappa shape index (κ3) is 248. The summed E-state index contributed by atoms with van der Waals surface area (Å²) in [4.78, 5) is 25.6. The molecule has 0 aromatic carbocycles. The molecule has 0 aromatic heterocycles. The predicted molar refractivity (Wildman–Crippen MR) is 8.29 cm³/mol. The van der Waals surface area contributed by atoms with Gasteiger partial charge >= 0.3 is 126 Å².